The quantitative estimate of drug-likeness (QED) is 0.148. The van der Waals surface area contributed by atoms with Gasteiger partial charge in [-0.3, -0.25) is 24.0 Å². The lowest BCUT2D eigenvalue weighted by molar-refractivity contribution is -0.212. The smallest absolute Gasteiger partial charge is 0.382 e. The average molecular weight is 606 g/mol. The zero-order valence-corrected chi connectivity index (χ0v) is 24.1. The van der Waals surface area contributed by atoms with Crippen LogP contribution in [0, 0.1) is 11.8 Å². The number of hydrogen-bond acceptors (Lipinski definition) is 6. The summed E-state index contributed by atoms with van der Waals surface area (Å²) < 4.78 is 39.7. The molecule has 5 atom stereocenters. The van der Waals surface area contributed by atoms with Gasteiger partial charge in [0.05, 0.1) is 6.04 Å². The molecule has 5 amide bonds. The Balaban J connectivity index is 3.23. The molecular weight excluding hydrogens is 567 g/mol. The van der Waals surface area contributed by atoms with E-state index in [-0.39, 0.29) is 12.3 Å². The van der Waals surface area contributed by atoms with E-state index in [0.29, 0.717) is 5.56 Å². The zero-order chi connectivity index (χ0) is 31.5. The number of halogens is 3. The first kappa shape index (κ1) is 35.7. The van der Waals surface area contributed by atoms with E-state index < -0.39 is 84.1 Å². The van der Waals surface area contributed by atoms with E-state index in [1.165, 1.54) is 13.8 Å². The van der Waals surface area contributed by atoms with Crippen molar-refractivity contribution < 1.29 is 42.3 Å². The molecule has 7 N–H and O–H groups in total. The molecule has 11 nitrogen and oxygen atoms in total. The third kappa shape index (κ3) is 12.4. The van der Waals surface area contributed by atoms with Crippen molar-refractivity contribution in [2.24, 2.45) is 17.6 Å². The minimum Gasteiger partial charge on any atom is -0.382 e. The summed E-state index contributed by atoms with van der Waals surface area (Å²) in [6.45, 7) is 6.41. The molecule has 0 aliphatic carbocycles. The summed E-state index contributed by atoms with van der Waals surface area (Å²) in [6.07, 6.45) is -9.25. The third-order valence-corrected chi connectivity index (χ3v) is 6.27. The molecule has 0 aliphatic heterocycles. The Morgan fingerprint density at radius 1 is 0.854 bits per heavy atom. The van der Waals surface area contributed by atoms with Gasteiger partial charge in [0.15, 0.2) is 6.10 Å². The van der Waals surface area contributed by atoms with Gasteiger partial charge in [0.25, 0.3) is 5.24 Å². The van der Waals surface area contributed by atoms with Crippen molar-refractivity contribution >= 4 is 41.5 Å². The van der Waals surface area contributed by atoms with Crippen molar-refractivity contribution in [1.82, 2.24) is 21.3 Å². The average Bonchev–Trinajstić information content (AvgIpc) is 2.86. The normalized spacial score (nSPS) is 15.3. The van der Waals surface area contributed by atoms with Crippen LogP contribution in [0.3, 0.4) is 0 Å². The van der Waals surface area contributed by atoms with Crippen LogP contribution >= 0.6 is 12.6 Å². The first-order chi connectivity index (χ1) is 18.9. The largest absolute Gasteiger partial charge is 0.416 e. The van der Waals surface area contributed by atoms with Gasteiger partial charge in [0.1, 0.15) is 18.1 Å². The van der Waals surface area contributed by atoms with Gasteiger partial charge in [-0.2, -0.15) is 13.2 Å². The maximum Gasteiger partial charge on any atom is 0.416 e. The van der Waals surface area contributed by atoms with Crippen LogP contribution in [0.15, 0.2) is 30.3 Å². The van der Waals surface area contributed by atoms with Crippen molar-refractivity contribution in [2.75, 3.05) is 0 Å². The fourth-order valence-corrected chi connectivity index (χ4v) is 4.02. The van der Waals surface area contributed by atoms with Gasteiger partial charge >= 0.3 is 6.18 Å². The number of primary amides is 1. The lowest BCUT2D eigenvalue weighted by atomic mass is 9.98. The van der Waals surface area contributed by atoms with E-state index in [2.05, 4.69) is 33.9 Å². The standard InChI is InChI=1S/C26H38F3N5O6S/c1-13(2)19(23(38)31-16(10-11-18(30)35)21(36)26(27,28)29)33-22(37)17(12-15-8-6-5-7-9-15)32-24(39)20(14(3)4)34-25(40)41/h5-9,13-14,16-17,19-21,36H,10-12H2,1-4H3,(H2,30,35)(H,31,38)(H,32,39)(H,33,37)(H2,34,40,41)/t16?,17-,19-,20-,21?/m0/s1. The van der Waals surface area contributed by atoms with E-state index in [1.807, 2.05) is 0 Å². The van der Waals surface area contributed by atoms with Crippen molar-refractivity contribution in [3.05, 3.63) is 35.9 Å². The van der Waals surface area contributed by atoms with Gasteiger partial charge in [0.2, 0.25) is 23.6 Å². The Morgan fingerprint density at radius 2 is 1.37 bits per heavy atom. The van der Waals surface area contributed by atoms with Gasteiger partial charge in [0, 0.05) is 12.8 Å². The summed E-state index contributed by atoms with van der Waals surface area (Å²) >= 11 is 3.65. The molecule has 0 aromatic heterocycles. The molecule has 2 unspecified atom stereocenters. The third-order valence-electron chi connectivity index (χ3n) is 6.14. The van der Waals surface area contributed by atoms with Crippen LogP contribution < -0.4 is 27.0 Å². The summed E-state index contributed by atoms with van der Waals surface area (Å²) in [6, 6.07) is 3.01. The highest BCUT2D eigenvalue weighted by atomic mass is 32.1. The maximum absolute atomic E-state index is 13.4. The van der Waals surface area contributed by atoms with E-state index >= 15 is 0 Å². The highest BCUT2D eigenvalue weighted by molar-refractivity contribution is 7.96. The molecule has 0 bridgehead atoms. The number of alkyl halides is 3. The minimum atomic E-state index is -5.10. The van der Waals surface area contributed by atoms with E-state index in [1.54, 1.807) is 44.2 Å². The number of aliphatic hydroxyl groups excluding tert-OH is 1. The first-order valence-electron chi connectivity index (χ1n) is 12.9. The number of nitrogens with one attached hydrogen (secondary N) is 4. The maximum atomic E-state index is 13.4. The Hall–Kier alpha value is -3.33. The molecule has 15 heteroatoms. The molecule has 1 rings (SSSR count). The number of rotatable bonds is 15. The second-order valence-corrected chi connectivity index (χ2v) is 10.7. The number of nitrogens with two attached hydrogens (primary N) is 1. The molecule has 41 heavy (non-hydrogen) atoms. The van der Waals surface area contributed by atoms with Crippen LogP contribution in [0.1, 0.15) is 46.1 Å². The molecule has 0 saturated heterocycles. The van der Waals surface area contributed by atoms with E-state index in [0.717, 1.165) is 0 Å². The Labute approximate surface area is 242 Å². The molecule has 0 spiro atoms. The fourth-order valence-electron chi connectivity index (χ4n) is 3.88. The zero-order valence-electron chi connectivity index (χ0n) is 23.2. The van der Waals surface area contributed by atoms with Crippen LogP contribution in [0.2, 0.25) is 0 Å². The van der Waals surface area contributed by atoms with Crippen LogP contribution in [0.25, 0.3) is 0 Å². The van der Waals surface area contributed by atoms with Crippen LogP contribution in [0.5, 0.6) is 0 Å². The number of hydrogen-bond donors (Lipinski definition) is 7. The number of carbonyl (C=O) groups is 5. The molecule has 0 fully saturated rings. The second-order valence-electron chi connectivity index (χ2n) is 10.3. The molecule has 1 aromatic rings. The highest BCUT2D eigenvalue weighted by Crippen LogP contribution is 2.24. The van der Waals surface area contributed by atoms with Gasteiger partial charge < -0.3 is 32.1 Å². The summed E-state index contributed by atoms with van der Waals surface area (Å²) in [5, 5.41) is 18.5. The molecule has 0 radical (unpaired) electrons. The minimum absolute atomic E-state index is 0.0154. The molecule has 0 heterocycles. The van der Waals surface area contributed by atoms with Gasteiger partial charge in [-0.05, 0) is 23.8 Å². The predicted molar refractivity (Wildman–Crippen MR) is 147 cm³/mol. The van der Waals surface area contributed by atoms with Gasteiger partial charge in [-0.15, -0.1) is 0 Å². The SMILES string of the molecule is CC(C)[C@H](NC(=O)S)C(=O)N[C@@H](Cc1ccccc1)C(=O)N[C@H](C(=O)NC(CCC(N)=O)C(O)C(F)(F)F)C(C)C. The number of benzene rings is 1. The van der Waals surface area contributed by atoms with Crippen molar-refractivity contribution in [2.45, 2.75) is 83.4 Å². The Kier molecular flexibility index (Phi) is 14.1. The Bertz CT molecular complexity index is 1060. The molecular formula is C26H38F3N5O6S. The molecule has 1 aromatic carbocycles. The van der Waals surface area contributed by atoms with Crippen LogP contribution in [0.4, 0.5) is 18.0 Å². The van der Waals surface area contributed by atoms with E-state index in [9.17, 15) is 42.3 Å². The van der Waals surface area contributed by atoms with Crippen molar-refractivity contribution in [3.8, 4) is 0 Å². The van der Waals surface area contributed by atoms with Gasteiger partial charge in [-0.1, -0.05) is 70.7 Å². The number of amides is 5. The number of thiol groups is 1. The van der Waals surface area contributed by atoms with E-state index in [4.69, 9.17) is 5.73 Å². The van der Waals surface area contributed by atoms with Crippen LogP contribution in [-0.2, 0) is 25.6 Å². The second kappa shape index (κ2) is 16.2. The topological polar surface area (TPSA) is 180 Å². The number of carbonyl (C=O) groups excluding carboxylic acids is 5. The highest BCUT2D eigenvalue weighted by Gasteiger charge is 2.45. The lowest BCUT2D eigenvalue weighted by Gasteiger charge is -2.30. The van der Waals surface area contributed by atoms with Gasteiger partial charge in [-0.25, -0.2) is 0 Å². The summed E-state index contributed by atoms with van der Waals surface area (Å²) in [5.41, 5.74) is 5.67. The van der Waals surface area contributed by atoms with Crippen LogP contribution in [-0.4, -0.2) is 70.4 Å². The summed E-state index contributed by atoms with van der Waals surface area (Å²) in [7, 11) is 0. The van der Waals surface area contributed by atoms with Crippen molar-refractivity contribution in [1.29, 1.82) is 0 Å². The lowest BCUT2D eigenvalue weighted by Crippen LogP contribution is -2.60. The summed E-state index contributed by atoms with van der Waals surface area (Å²) in [4.78, 5) is 62.1. The number of aliphatic hydroxyl groups is 1. The molecule has 0 aliphatic rings. The summed E-state index contributed by atoms with van der Waals surface area (Å²) in [5.74, 6) is -4.50. The van der Waals surface area contributed by atoms with Crippen molar-refractivity contribution in [3.63, 3.8) is 0 Å². The monoisotopic (exact) mass is 605 g/mol. The molecule has 230 valence electrons. The predicted octanol–water partition coefficient (Wildman–Crippen LogP) is 1.19. The fraction of sp³-hybridized carbons (Fsp3) is 0.577. The Morgan fingerprint density at radius 3 is 1.83 bits per heavy atom. The molecule has 0 saturated carbocycles. The first-order valence-corrected chi connectivity index (χ1v) is 13.4.